The quantitative estimate of drug-likeness (QED) is 0.425. The number of halogens is 1. The third-order valence-corrected chi connectivity index (χ3v) is 2.43. The average molecular weight is 331 g/mol. The third-order valence-electron chi connectivity index (χ3n) is 2.43. The van der Waals surface area contributed by atoms with Gasteiger partial charge in [-0.05, 0) is 6.42 Å². The summed E-state index contributed by atoms with van der Waals surface area (Å²) in [5.41, 5.74) is 2.52. The summed E-state index contributed by atoms with van der Waals surface area (Å²) in [4.78, 5) is 0. The fraction of sp³-hybridized carbons (Fsp3) is 0.200. The van der Waals surface area contributed by atoms with Gasteiger partial charge in [-0.25, -0.2) is 0 Å². The number of benzene rings is 2. The summed E-state index contributed by atoms with van der Waals surface area (Å²) in [5.74, 6) is 0.712. The van der Waals surface area contributed by atoms with Gasteiger partial charge in [-0.3, -0.25) is 0 Å². The minimum absolute atomic E-state index is 0. The fourth-order valence-electron chi connectivity index (χ4n) is 1.60. The van der Waals surface area contributed by atoms with Crippen molar-refractivity contribution in [2.75, 3.05) is 13.9 Å². The molecule has 0 aliphatic rings. The number of rotatable bonds is 5. The molecule has 2 rings (SSSR count). The number of ether oxygens (including phenoxy) is 2. The van der Waals surface area contributed by atoms with Gasteiger partial charge < -0.3 is 26.5 Å². The first-order valence-electron chi connectivity index (χ1n) is 5.55. The van der Waals surface area contributed by atoms with Gasteiger partial charge in [0.05, 0.1) is 0 Å². The van der Waals surface area contributed by atoms with Crippen LogP contribution in [0.4, 0.5) is 0 Å². The van der Waals surface area contributed by atoms with Crippen LogP contribution in [0.3, 0.4) is 0 Å². The third kappa shape index (κ3) is 6.43. The van der Waals surface area contributed by atoms with Crippen molar-refractivity contribution < 1.29 is 26.5 Å². The molecule has 2 nitrogen and oxygen atoms in total. The summed E-state index contributed by atoms with van der Waals surface area (Å²) < 4.78 is 10.1. The van der Waals surface area contributed by atoms with E-state index in [0.29, 0.717) is 5.75 Å². The van der Waals surface area contributed by atoms with Crippen molar-refractivity contribution in [3.05, 3.63) is 65.7 Å². The fourth-order valence-corrected chi connectivity index (χ4v) is 1.60. The Labute approximate surface area is 141 Å². The van der Waals surface area contributed by atoms with Crippen molar-refractivity contribution in [1.29, 1.82) is 0 Å². The molecule has 0 fully saturated rings. The number of hydrogen-bond acceptors (Lipinski definition) is 2. The van der Waals surface area contributed by atoms with Crippen molar-refractivity contribution in [1.82, 2.24) is 0 Å². The van der Waals surface area contributed by atoms with Crippen molar-refractivity contribution in [3.8, 4) is 5.75 Å². The van der Waals surface area contributed by atoms with Crippen LogP contribution in [0.2, 0.25) is 0 Å². The van der Waals surface area contributed by atoms with Gasteiger partial charge in [-0.15, -0.1) is 12.1 Å². The Morgan fingerprint density at radius 1 is 1.00 bits per heavy atom. The molecule has 0 saturated heterocycles. The molecule has 0 atom stereocenters. The largest absolute Gasteiger partial charge is 2.00 e. The van der Waals surface area contributed by atoms with E-state index < -0.39 is 0 Å². The first kappa shape index (κ1) is 18.4. The van der Waals surface area contributed by atoms with Crippen LogP contribution in [0.1, 0.15) is 11.1 Å². The molecule has 0 unspecified atom stereocenters. The van der Waals surface area contributed by atoms with Gasteiger partial charge in [0, 0.05) is 12.9 Å². The molecule has 19 heavy (non-hydrogen) atoms. The maximum absolute atomic E-state index is 5.28. The second-order valence-corrected chi connectivity index (χ2v) is 3.77. The maximum Gasteiger partial charge on any atom is 2.00 e. The summed E-state index contributed by atoms with van der Waals surface area (Å²) in [6, 6.07) is 19.4. The smallest absolute Gasteiger partial charge is 1.00 e. The Morgan fingerprint density at radius 2 is 1.74 bits per heavy atom. The molecular formula is C15H15BrMgO2. The Balaban J connectivity index is 0.00000162. The topological polar surface area (TPSA) is 18.5 Å². The van der Waals surface area contributed by atoms with Crippen LogP contribution in [0.25, 0.3) is 0 Å². The molecule has 0 spiro atoms. The zero-order chi connectivity index (χ0) is 11.9. The van der Waals surface area contributed by atoms with E-state index in [2.05, 4.69) is 36.4 Å². The van der Waals surface area contributed by atoms with Crippen molar-refractivity contribution in [3.63, 3.8) is 0 Å². The summed E-state index contributed by atoms with van der Waals surface area (Å²) >= 11 is 0. The van der Waals surface area contributed by atoms with E-state index in [1.54, 1.807) is 7.11 Å². The van der Waals surface area contributed by atoms with Gasteiger partial charge >= 0.3 is 23.1 Å². The first-order valence-corrected chi connectivity index (χ1v) is 5.55. The molecular weight excluding hydrogens is 316 g/mol. The summed E-state index contributed by atoms with van der Waals surface area (Å²) in [7, 11) is 1.60. The molecule has 0 radical (unpaired) electrons. The zero-order valence-corrected chi connectivity index (χ0v) is 13.9. The second-order valence-electron chi connectivity index (χ2n) is 3.77. The molecule has 2 aromatic carbocycles. The van der Waals surface area contributed by atoms with Gasteiger partial charge in [-0.1, -0.05) is 35.9 Å². The maximum atomic E-state index is 5.28. The summed E-state index contributed by atoms with van der Waals surface area (Å²) in [5, 5.41) is 0. The Kier molecular flexibility index (Phi) is 9.96. The molecule has 0 N–H and O–H groups in total. The number of methoxy groups -OCH3 is 1. The standard InChI is InChI=1S/C15H15O2.BrH.Mg/c1-16-12-17-15-9-7-14(8-10-15)11-13-5-3-2-4-6-13;;/h2-9H,11-12H2,1H3;1H;/q-1;;+2/p-1. The molecule has 0 aromatic heterocycles. The second kappa shape index (κ2) is 10.3. The predicted molar refractivity (Wildman–Crippen MR) is 72.8 cm³/mol. The average Bonchev–Trinajstić information content (AvgIpc) is 2.39. The minimum atomic E-state index is 0. The summed E-state index contributed by atoms with van der Waals surface area (Å²) in [6.07, 6.45) is 0.919. The van der Waals surface area contributed by atoms with Gasteiger partial charge in [0.25, 0.3) is 0 Å². The van der Waals surface area contributed by atoms with E-state index in [4.69, 9.17) is 9.47 Å². The Hall–Kier alpha value is -0.554. The molecule has 0 aliphatic carbocycles. The summed E-state index contributed by atoms with van der Waals surface area (Å²) in [6.45, 7) is 0.258. The first-order chi connectivity index (χ1) is 8.38. The molecule has 4 heteroatoms. The van der Waals surface area contributed by atoms with Crippen LogP contribution in [0.5, 0.6) is 5.75 Å². The van der Waals surface area contributed by atoms with Crippen LogP contribution < -0.4 is 21.7 Å². The van der Waals surface area contributed by atoms with Gasteiger partial charge in [0.15, 0.2) is 6.79 Å². The normalized spacial score (nSPS) is 9.11. The number of hydrogen-bond donors (Lipinski definition) is 0. The molecule has 0 amide bonds. The van der Waals surface area contributed by atoms with Crippen molar-refractivity contribution in [2.24, 2.45) is 0 Å². The molecule has 0 aliphatic heterocycles. The van der Waals surface area contributed by atoms with Gasteiger partial charge in [-0.2, -0.15) is 17.7 Å². The van der Waals surface area contributed by atoms with Crippen molar-refractivity contribution in [2.45, 2.75) is 6.42 Å². The molecule has 0 bridgehead atoms. The van der Waals surface area contributed by atoms with Crippen LogP contribution in [0.15, 0.2) is 48.5 Å². The molecule has 0 saturated carbocycles. The van der Waals surface area contributed by atoms with Crippen LogP contribution in [-0.4, -0.2) is 37.0 Å². The Morgan fingerprint density at radius 3 is 2.32 bits per heavy atom. The minimum Gasteiger partial charge on any atom is -1.00 e. The molecule has 2 aromatic rings. The van der Waals surface area contributed by atoms with E-state index in [-0.39, 0.29) is 46.8 Å². The van der Waals surface area contributed by atoms with Gasteiger partial charge in [0.1, 0.15) is 0 Å². The monoisotopic (exact) mass is 330 g/mol. The molecule has 96 valence electrons. The van der Waals surface area contributed by atoms with Crippen LogP contribution >= 0.6 is 0 Å². The van der Waals surface area contributed by atoms with E-state index >= 15 is 0 Å². The van der Waals surface area contributed by atoms with Crippen LogP contribution in [0, 0.1) is 6.07 Å². The van der Waals surface area contributed by atoms with Crippen LogP contribution in [-0.2, 0) is 11.2 Å². The predicted octanol–water partition coefficient (Wildman–Crippen LogP) is -0.317. The van der Waals surface area contributed by atoms with E-state index in [1.807, 2.05) is 18.2 Å². The SMILES string of the molecule is COCOc1[c-]cc(Cc2ccccc2)cc1.[Br-].[Mg+2]. The molecule has 0 heterocycles. The van der Waals surface area contributed by atoms with E-state index in [9.17, 15) is 0 Å². The Bertz CT molecular complexity index is 445. The van der Waals surface area contributed by atoms with Crippen molar-refractivity contribution >= 4 is 23.1 Å². The zero-order valence-electron chi connectivity index (χ0n) is 10.9. The van der Waals surface area contributed by atoms with Gasteiger partial charge in [0.2, 0.25) is 0 Å². The van der Waals surface area contributed by atoms with E-state index in [0.717, 1.165) is 6.42 Å². The van der Waals surface area contributed by atoms with E-state index in [1.165, 1.54) is 11.1 Å².